The average molecular weight is 185 g/mol. The number of hydroxylamine groups is 1. The van der Waals surface area contributed by atoms with Crippen molar-refractivity contribution in [3.8, 4) is 0 Å². The van der Waals surface area contributed by atoms with Crippen LogP contribution in [-0.4, -0.2) is 29.8 Å². The zero-order chi connectivity index (χ0) is 9.42. The van der Waals surface area contributed by atoms with E-state index in [0.717, 1.165) is 5.57 Å². The second kappa shape index (κ2) is 3.01. The minimum Gasteiger partial charge on any atom is -0.475 e. The minimum absolute atomic E-state index is 0.0418. The Balaban J connectivity index is 2.25. The van der Waals surface area contributed by atoms with Gasteiger partial charge in [-0.1, -0.05) is 0 Å². The van der Waals surface area contributed by atoms with Crippen molar-refractivity contribution in [1.29, 1.82) is 0 Å². The topological polar surface area (TPSA) is 67.8 Å². The number of carboxylic acid groups (broad SMARTS) is 1. The summed E-state index contributed by atoms with van der Waals surface area (Å²) in [5.41, 5.74) is 3.44. The molecule has 2 aliphatic rings. The van der Waals surface area contributed by atoms with Gasteiger partial charge in [-0.3, -0.25) is 0 Å². The lowest BCUT2D eigenvalue weighted by molar-refractivity contribution is -0.137. The first kappa shape index (κ1) is 8.52. The molecule has 2 atom stereocenters. The summed E-state index contributed by atoms with van der Waals surface area (Å²) in [6.45, 7) is 2.40. The highest BCUT2D eigenvalue weighted by Gasteiger charge is 2.35. The number of fused-ring (bicyclic) bond motifs is 1. The molecule has 13 heavy (non-hydrogen) atoms. The van der Waals surface area contributed by atoms with Gasteiger partial charge in [0.05, 0.1) is 18.8 Å². The van der Waals surface area contributed by atoms with Crippen LogP contribution in [0, 0.1) is 0 Å². The van der Waals surface area contributed by atoms with Gasteiger partial charge < -0.3 is 14.7 Å². The lowest BCUT2D eigenvalue weighted by Gasteiger charge is -2.24. The van der Waals surface area contributed by atoms with E-state index in [9.17, 15) is 4.79 Å². The molecule has 1 fully saturated rings. The Kier molecular flexibility index (Phi) is 1.97. The third-order valence-electron chi connectivity index (χ3n) is 2.26. The molecule has 0 saturated carbocycles. The fourth-order valence-electron chi connectivity index (χ4n) is 1.60. The first-order valence-electron chi connectivity index (χ1n) is 4.19. The molecular weight excluding hydrogens is 174 g/mol. The Bertz CT molecular complexity index is 273. The van der Waals surface area contributed by atoms with Crippen LogP contribution < -0.4 is 5.48 Å². The van der Waals surface area contributed by atoms with Gasteiger partial charge in [-0.25, -0.2) is 4.79 Å². The number of hydrogen-bond acceptors (Lipinski definition) is 4. The van der Waals surface area contributed by atoms with Gasteiger partial charge in [0.25, 0.3) is 0 Å². The van der Waals surface area contributed by atoms with Gasteiger partial charge in [-0.05, 0) is 6.92 Å². The Morgan fingerprint density at radius 1 is 1.69 bits per heavy atom. The number of rotatable bonds is 1. The fraction of sp³-hybridized carbons (Fsp3) is 0.625. The molecular formula is C8H11NO4. The summed E-state index contributed by atoms with van der Waals surface area (Å²) in [5, 5.41) is 8.77. The second-order valence-electron chi connectivity index (χ2n) is 3.28. The van der Waals surface area contributed by atoms with Crippen LogP contribution in [0.3, 0.4) is 0 Å². The molecule has 5 heteroatoms. The third kappa shape index (κ3) is 1.40. The normalized spacial score (nSPS) is 32.7. The molecule has 0 aromatic carbocycles. The summed E-state index contributed by atoms with van der Waals surface area (Å²) < 4.78 is 5.35. The maximum Gasteiger partial charge on any atom is 0.373 e. The average Bonchev–Trinajstić information content (AvgIpc) is 2.46. The van der Waals surface area contributed by atoms with Gasteiger partial charge in [0.1, 0.15) is 0 Å². The molecule has 1 saturated heterocycles. The van der Waals surface area contributed by atoms with Gasteiger partial charge in [0, 0.05) is 12.0 Å². The first-order chi connectivity index (χ1) is 6.18. The number of carbonyl (C=O) groups is 1. The zero-order valence-electron chi connectivity index (χ0n) is 7.24. The highest BCUT2D eigenvalue weighted by atomic mass is 16.7. The molecule has 72 valence electrons. The summed E-state index contributed by atoms with van der Waals surface area (Å²) >= 11 is 0. The van der Waals surface area contributed by atoms with E-state index < -0.39 is 5.97 Å². The number of aliphatic carboxylic acids is 1. The van der Waals surface area contributed by atoms with Crippen molar-refractivity contribution in [3.05, 3.63) is 11.3 Å². The molecule has 0 aromatic heterocycles. The van der Waals surface area contributed by atoms with Crippen molar-refractivity contribution in [3.63, 3.8) is 0 Å². The van der Waals surface area contributed by atoms with Crippen LogP contribution in [0.1, 0.15) is 13.3 Å². The van der Waals surface area contributed by atoms with Crippen LogP contribution in [0.25, 0.3) is 0 Å². The Morgan fingerprint density at radius 2 is 2.46 bits per heavy atom. The summed E-state index contributed by atoms with van der Waals surface area (Å²) in [5.74, 6) is -0.973. The summed E-state index contributed by atoms with van der Waals surface area (Å²) in [6, 6.07) is -0.0812. The van der Waals surface area contributed by atoms with Crippen LogP contribution in [0.5, 0.6) is 0 Å². The molecule has 0 aromatic rings. The predicted octanol–water partition coefficient (Wildman–Crippen LogP) is 0.0373. The van der Waals surface area contributed by atoms with Crippen molar-refractivity contribution < 1.29 is 19.5 Å². The molecule has 1 unspecified atom stereocenters. The molecule has 0 aliphatic carbocycles. The van der Waals surface area contributed by atoms with Crippen molar-refractivity contribution in [1.82, 2.24) is 5.48 Å². The molecule has 0 spiro atoms. The minimum atomic E-state index is -1.01. The van der Waals surface area contributed by atoms with Gasteiger partial charge >= 0.3 is 5.97 Å². The van der Waals surface area contributed by atoms with E-state index in [2.05, 4.69) is 5.48 Å². The molecule has 0 amide bonds. The molecule has 5 nitrogen and oxygen atoms in total. The Morgan fingerprint density at radius 3 is 3.15 bits per heavy atom. The van der Waals surface area contributed by atoms with Crippen molar-refractivity contribution in [2.45, 2.75) is 25.5 Å². The number of ether oxygens (including phenoxy) is 1. The number of carboxylic acids is 1. The molecule has 2 aliphatic heterocycles. The van der Waals surface area contributed by atoms with Crippen LogP contribution in [0.15, 0.2) is 11.3 Å². The fourth-order valence-corrected chi connectivity index (χ4v) is 1.60. The van der Waals surface area contributed by atoms with E-state index in [1.54, 1.807) is 0 Å². The van der Waals surface area contributed by atoms with Crippen LogP contribution in [0.2, 0.25) is 0 Å². The molecule has 2 rings (SSSR count). The monoisotopic (exact) mass is 185 g/mol. The van der Waals surface area contributed by atoms with Gasteiger partial charge in [0.2, 0.25) is 5.76 Å². The van der Waals surface area contributed by atoms with Crippen molar-refractivity contribution in [2.75, 3.05) is 6.61 Å². The predicted molar refractivity (Wildman–Crippen MR) is 42.7 cm³/mol. The van der Waals surface area contributed by atoms with Crippen LogP contribution >= 0.6 is 0 Å². The SMILES string of the molecule is CC1CC2=C(C(=O)O)ON[C@@H]2CO1. The quantitative estimate of drug-likeness (QED) is 0.603. The zero-order valence-corrected chi connectivity index (χ0v) is 7.24. The lowest BCUT2D eigenvalue weighted by Crippen LogP contribution is -2.36. The smallest absolute Gasteiger partial charge is 0.373 e. The van der Waals surface area contributed by atoms with Crippen molar-refractivity contribution in [2.24, 2.45) is 0 Å². The van der Waals surface area contributed by atoms with E-state index in [1.165, 1.54) is 0 Å². The maximum atomic E-state index is 10.7. The maximum absolute atomic E-state index is 10.7. The van der Waals surface area contributed by atoms with E-state index >= 15 is 0 Å². The van der Waals surface area contributed by atoms with Gasteiger partial charge in [-0.2, -0.15) is 0 Å². The van der Waals surface area contributed by atoms with Crippen LogP contribution in [0.4, 0.5) is 0 Å². The molecule has 2 N–H and O–H groups in total. The third-order valence-corrected chi connectivity index (χ3v) is 2.26. The lowest BCUT2D eigenvalue weighted by atomic mass is 9.98. The molecule has 0 bridgehead atoms. The Hall–Kier alpha value is -1.07. The highest BCUT2D eigenvalue weighted by molar-refractivity contribution is 5.86. The summed E-state index contributed by atoms with van der Waals surface area (Å²) in [6.07, 6.45) is 0.698. The van der Waals surface area contributed by atoms with Crippen molar-refractivity contribution >= 4 is 5.97 Å². The molecule has 2 heterocycles. The Labute approximate surface area is 75.3 Å². The number of hydrogen-bond donors (Lipinski definition) is 2. The van der Waals surface area contributed by atoms with E-state index in [-0.39, 0.29) is 17.9 Å². The van der Waals surface area contributed by atoms with E-state index in [0.29, 0.717) is 13.0 Å². The van der Waals surface area contributed by atoms with Crippen LogP contribution in [-0.2, 0) is 14.4 Å². The molecule has 0 radical (unpaired) electrons. The standard InChI is InChI=1S/C8H11NO4/c1-4-2-5-6(3-12-4)9-13-7(5)8(10)11/h4,6,9H,2-3H2,1H3,(H,10,11)/t4?,6-/m1/s1. The van der Waals surface area contributed by atoms with E-state index in [4.69, 9.17) is 14.7 Å². The van der Waals surface area contributed by atoms with E-state index in [1.807, 2.05) is 6.92 Å². The first-order valence-corrected chi connectivity index (χ1v) is 4.19. The second-order valence-corrected chi connectivity index (χ2v) is 3.28. The number of nitrogens with one attached hydrogen (secondary N) is 1. The summed E-state index contributed by atoms with van der Waals surface area (Å²) in [4.78, 5) is 15.6. The highest BCUT2D eigenvalue weighted by Crippen LogP contribution is 2.27. The van der Waals surface area contributed by atoms with Gasteiger partial charge in [-0.15, -0.1) is 5.48 Å². The summed E-state index contributed by atoms with van der Waals surface area (Å²) in [7, 11) is 0. The largest absolute Gasteiger partial charge is 0.475 e. The van der Waals surface area contributed by atoms with Gasteiger partial charge in [0.15, 0.2) is 0 Å².